The van der Waals surface area contributed by atoms with Crippen LogP contribution in [-0.4, -0.2) is 29.4 Å². The maximum absolute atomic E-state index is 11.4. The highest BCUT2D eigenvalue weighted by molar-refractivity contribution is 5.92. The van der Waals surface area contributed by atoms with Crippen molar-refractivity contribution in [3.8, 4) is 0 Å². The average Bonchev–Trinajstić information content (AvgIpc) is 2.24. The number of rotatable bonds is 1. The molecule has 1 unspecified atom stereocenters. The van der Waals surface area contributed by atoms with Crippen LogP contribution in [0.5, 0.6) is 0 Å². The molecular formula is C11H12O4. The zero-order chi connectivity index (χ0) is 11.1. The fourth-order valence-corrected chi connectivity index (χ4v) is 1.69. The second kappa shape index (κ2) is 3.32. The molecule has 0 amide bonds. The van der Waals surface area contributed by atoms with Crippen molar-refractivity contribution in [2.75, 3.05) is 13.2 Å². The molecule has 0 bridgehead atoms. The molecule has 4 nitrogen and oxygen atoms in total. The molecule has 80 valence electrons. The van der Waals surface area contributed by atoms with E-state index in [1.165, 1.54) is 0 Å². The Balaban J connectivity index is 2.61. The lowest BCUT2D eigenvalue weighted by molar-refractivity contribution is -0.0768. The Morgan fingerprint density at radius 2 is 2.27 bits per heavy atom. The lowest BCUT2D eigenvalue weighted by atomic mass is 9.88. The Bertz CT molecular complexity index is 413. The van der Waals surface area contributed by atoms with Crippen LogP contribution in [0, 0.1) is 6.92 Å². The van der Waals surface area contributed by atoms with Crippen LogP contribution >= 0.6 is 0 Å². The number of fused-ring (bicyclic) bond motifs is 1. The third kappa shape index (κ3) is 1.52. The summed E-state index contributed by atoms with van der Waals surface area (Å²) < 4.78 is 4.80. The molecule has 15 heavy (non-hydrogen) atoms. The topological polar surface area (TPSA) is 66.8 Å². The molecule has 0 aromatic heterocycles. The highest BCUT2D eigenvalue weighted by Crippen LogP contribution is 2.30. The van der Waals surface area contributed by atoms with Gasteiger partial charge in [0, 0.05) is 5.56 Å². The van der Waals surface area contributed by atoms with Gasteiger partial charge in [0.15, 0.2) is 0 Å². The highest BCUT2D eigenvalue weighted by Gasteiger charge is 2.38. The summed E-state index contributed by atoms with van der Waals surface area (Å²) in [6.07, 6.45) is 0. The number of cyclic esters (lactones) is 1. The molecule has 1 atom stereocenters. The number of hydrogen-bond donors (Lipinski definition) is 2. The molecule has 2 N–H and O–H groups in total. The minimum absolute atomic E-state index is 0.196. The minimum atomic E-state index is -1.46. The molecule has 0 radical (unpaired) electrons. The molecule has 1 heterocycles. The number of carbonyl (C=O) groups is 1. The number of aryl methyl sites for hydroxylation is 1. The van der Waals surface area contributed by atoms with Crippen molar-refractivity contribution in [2.24, 2.45) is 0 Å². The Hall–Kier alpha value is -1.39. The summed E-state index contributed by atoms with van der Waals surface area (Å²) in [6, 6.07) is 5.07. The largest absolute Gasteiger partial charge is 0.459 e. The van der Waals surface area contributed by atoms with Crippen LogP contribution < -0.4 is 0 Å². The van der Waals surface area contributed by atoms with E-state index in [-0.39, 0.29) is 6.61 Å². The number of esters is 1. The zero-order valence-electron chi connectivity index (χ0n) is 8.36. The van der Waals surface area contributed by atoms with Gasteiger partial charge in [-0.05, 0) is 13.0 Å². The van der Waals surface area contributed by atoms with Crippen molar-refractivity contribution in [1.82, 2.24) is 0 Å². The van der Waals surface area contributed by atoms with Gasteiger partial charge in [0.1, 0.15) is 12.2 Å². The van der Waals surface area contributed by atoms with Gasteiger partial charge in [-0.1, -0.05) is 17.7 Å². The molecule has 0 fully saturated rings. The highest BCUT2D eigenvalue weighted by atomic mass is 16.5. The Morgan fingerprint density at radius 1 is 1.53 bits per heavy atom. The van der Waals surface area contributed by atoms with E-state index in [2.05, 4.69) is 0 Å². The molecule has 0 saturated heterocycles. The second-order valence-electron chi connectivity index (χ2n) is 3.81. The van der Waals surface area contributed by atoms with Crippen LogP contribution in [0.3, 0.4) is 0 Å². The maximum Gasteiger partial charge on any atom is 0.338 e. The second-order valence-corrected chi connectivity index (χ2v) is 3.81. The smallest absolute Gasteiger partial charge is 0.338 e. The van der Waals surface area contributed by atoms with Gasteiger partial charge in [0.25, 0.3) is 0 Å². The average molecular weight is 208 g/mol. The maximum atomic E-state index is 11.4. The summed E-state index contributed by atoms with van der Waals surface area (Å²) in [5.41, 5.74) is 0.231. The normalized spacial score (nSPS) is 24.6. The zero-order valence-corrected chi connectivity index (χ0v) is 8.36. The van der Waals surface area contributed by atoms with E-state index in [9.17, 15) is 9.90 Å². The fraction of sp³-hybridized carbons (Fsp3) is 0.364. The summed E-state index contributed by atoms with van der Waals surface area (Å²) >= 11 is 0. The molecule has 0 saturated carbocycles. The molecule has 1 aromatic rings. The van der Waals surface area contributed by atoms with Gasteiger partial charge in [-0.3, -0.25) is 0 Å². The molecule has 0 spiro atoms. The van der Waals surface area contributed by atoms with Crippen LogP contribution in [0.1, 0.15) is 21.5 Å². The quantitative estimate of drug-likeness (QED) is 0.653. The standard InChI is InChI=1S/C11H12O4/c1-7-2-3-8-9(4-7)11(14,5-12)6-15-10(8)13/h2-4,12,14H,5-6H2,1H3. The first-order valence-electron chi connectivity index (χ1n) is 4.68. The first-order chi connectivity index (χ1) is 7.07. The predicted molar refractivity (Wildman–Crippen MR) is 52.4 cm³/mol. The first kappa shape index (κ1) is 10.1. The SMILES string of the molecule is Cc1ccc2c(c1)C(O)(CO)COC2=O. The van der Waals surface area contributed by atoms with Gasteiger partial charge in [-0.25, -0.2) is 4.79 Å². The summed E-state index contributed by atoms with van der Waals surface area (Å²) in [6.45, 7) is 1.20. The first-order valence-corrected chi connectivity index (χ1v) is 4.68. The van der Waals surface area contributed by atoms with Gasteiger partial charge in [-0.2, -0.15) is 0 Å². The van der Waals surface area contributed by atoms with Crippen LogP contribution in [0.25, 0.3) is 0 Å². The molecule has 0 aliphatic carbocycles. The molecule has 4 heteroatoms. The third-order valence-corrected chi connectivity index (χ3v) is 2.60. The van der Waals surface area contributed by atoms with Crippen molar-refractivity contribution < 1.29 is 19.7 Å². The van der Waals surface area contributed by atoms with E-state index < -0.39 is 18.2 Å². The Morgan fingerprint density at radius 3 is 2.93 bits per heavy atom. The van der Waals surface area contributed by atoms with E-state index in [0.717, 1.165) is 5.56 Å². The fourth-order valence-electron chi connectivity index (χ4n) is 1.69. The number of aliphatic hydroxyl groups is 2. The summed E-state index contributed by atoms with van der Waals surface area (Å²) in [7, 11) is 0. The van der Waals surface area contributed by atoms with E-state index in [4.69, 9.17) is 9.84 Å². The van der Waals surface area contributed by atoms with E-state index in [1.54, 1.807) is 18.2 Å². The number of benzene rings is 1. The molecule has 2 rings (SSSR count). The van der Waals surface area contributed by atoms with E-state index >= 15 is 0 Å². The predicted octanol–water partition coefficient (Wildman–Crippen LogP) is 0.345. The monoisotopic (exact) mass is 208 g/mol. The van der Waals surface area contributed by atoms with Gasteiger partial charge < -0.3 is 14.9 Å². The van der Waals surface area contributed by atoms with Crippen molar-refractivity contribution in [3.63, 3.8) is 0 Å². The lowest BCUT2D eigenvalue weighted by Gasteiger charge is -2.31. The molecule has 1 aromatic carbocycles. The summed E-state index contributed by atoms with van der Waals surface area (Å²) in [5.74, 6) is -0.455. The summed E-state index contributed by atoms with van der Waals surface area (Å²) in [5, 5.41) is 19.2. The third-order valence-electron chi connectivity index (χ3n) is 2.60. The summed E-state index contributed by atoms with van der Waals surface area (Å²) in [4.78, 5) is 11.4. The lowest BCUT2D eigenvalue weighted by Crippen LogP contribution is -2.42. The molecule has 1 aliphatic rings. The van der Waals surface area contributed by atoms with Crippen LogP contribution in [-0.2, 0) is 10.3 Å². The number of aliphatic hydroxyl groups excluding tert-OH is 1. The van der Waals surface area contributed by atoms with Gasteiger partial charge in [0.05, 0.1) is 12.2 Å². The van der Waals surface area contributed by atoms with Crippen molar-refractivity contribution >= 4 is 5.97 Å². The van der Waals surface area contributed by atoms with Crippen LogP contribution in [0.4, 0.5) is 0 Å². The molecular weight excluding hydrogens is 196 g/mol. The number of hydrogen-bond acceptors (Lipinski definition) is 4. The van der Waals surface area contributed by atoms with Gasteiger partial charge in [0.2, 0.25) is 0 Å². The van der Waals surface area contributed by atoms with Gasteiger partial charge >= 0.3 is 5.97 Å². The van der Waals surface area contributed by atoms with Crippen molar-refractivity contribution in [3.05, 3.63) is 34.9 Å². The van der Waals surface area contributed by atoms with Gasteiger partial charge in [-0.15, -0.1) is 0 Å². The van der Waals surface area contributed by atoms with Crippen molar-refractivity contribution in [1.29, 1.82) is 0 Å². The number of ether oxygens (including phenoxy) is 1. The van der Waals surface area contributed by atoms with E-state index in [0.29, 0.717) is 11.1 Å². The minimum Gasteiger partial charge on any atom is -0.459 e. The Labute approximate surface area is 87.1 Å². The number of carbonyl (C=O) groups excluding carboxylic acids is 1. The molecule has 1 aliphatic heterocycles. The van der Waals surface area contributed by atoms with Crippen LogP contribution in [0.15, 0.2) is 18.2 Å². The van der Waals surface area contributed by atoms with Crippen LogP contribution in [0.2, 0.25) is 0 Å². The Kier molecular flexibility index (Phi) is 2.25. The van der Waals surface area contributed by atoms with Crippen molar-refractivity contribution in [2.45, 2.75) is 12.5 Å². The van der Waals surface area contributed by atoms with E-state index in [1.807, 2.05) is 6.92 Å².